The highest BCUT2D eigenvalue weighted by Gasteiger charge is 2.29. The molecular formula is C28H24Cl2N2O7S. The molecule has 0 fully saturated rings. The van der Waals surface area contributed by atoms with Crippen molar-refractivity contribution in [1.29, 1.82) is 0 Å². The van der Waals surface area contributed by atoms with Crippen LogP contribution in [0.15, 0.2) is 65.6 Å². The van der Waals surface area contributed by atoms with E-state index in [-0.39, 0.29) is 45.1 Å². The number of benzene rings is 3. The summed E-state index contributed by atoms with van der Waals surface area (Å²) in [6.45, 7) is 0.514. The summed E-state index contributed by atoms with van der Waals surface area (Å²) in [5.41, 5.74) is 2.17. The van der Waals surface area contributed by atoms with E-state index in [1.165, 1.54) is 36.4 Å². The van der Waals surface area contributed by atoms with Gasteiger partial charge in [0.2, 0.25) is 5.91 Å². The Hall–Kier alpha value is -3.70. The zero-order chi connectivity index (χ0) is 29.0. The normalized spacial score (nSPS) is 14.4. The zero-order valence-electron chi connectivity index (χ0n) is 20.8. The van der Waals surface area contributed by atoms with Crippen LogP contribution in [0, 0.1) is 0 Å². The molecule has 9 nitrogen and oxygen atoms in total. The first-order valence-corrected chi connectivity index (χ1v) is 13.9. The summed E-state index contributed by atoms with van der Waals surface area (Å²) in [4.78, 5) is 39.5. The Kier molecular flexibility index (Phi) is 9.26. The highest BCUT2D eigenvalue weighted by molar-refractivity contribution is 7.79. The van der Waals surface area contributed by atoms with Crippen molar-refractivity contribution in [2.24, 2.45) is 0 Å². The smallest absolute Gasteiger partial charge is 0.326 e. The van der Waals surface area contributed by atoms with E-state index in [0.717, 1.165) is 0 Å². The lowest BCUT2D eigenvalue weighted by Gasteiger charge is -2.29. The Morgan fingerprint density at radius 1 is 1.10 bits per heavy atom. The summed E-state index contributed by atoms with van der Waals surface area (Å²) in [5.74, 6) is -2.31. The van der Waals surface area contributed by atoms with Gasteiger partial charge in [-0.25, -0.2) is 9.00 Å². The Balaban J connectivity index is 1.50. The monoisotopic (exact) mass is 602 g/mol. The van der Waals surface area contributed by atoms with Gasteiger partial charge in [-0.05, 0) is 53.5 Å². The van der Waals surface area contributed by atoms with Crippen molar-refractivity contribution in [3.05, 3.63) is 98.5 Å². The van der Waals surface area contributed by atoms with Crippen LogP contribution in [0.5, 0.6) is 5.75 Å². The molecule has 2 amide bonds. The minimum Gasteiger partial charge on any atom is -0.507 e. The number of phenols is 1. The first-order valence-electron chi connectivity index (χ1n) is 12.0. The number of carboxylic acid groups (broad SMARTS) is 1. The first kappa shape index (κ1) is 29.3. The van der Waals surface area contributed by atoms with Crippen LogP contribution >= 0.6 is 23.2 Å². The molecule has 0 bridgehead atoms. The fraction of sp³-hybridized carbons (Fsp3) is 0.179. The van der Waals surface area contributed by atoms with Crippen molar-refractivity contribution < 1.29 is 33.4 Å². The molecule has 1 aliphatic heterocycles. The molecule has 2 unspecified atom stereocenters. The summed E-state index contributed by atoms with van der Waals surface area (Å²) >= 11 is 10.8. The highest BCUT2D eigenvalue weighted by Crippen LogP contribution is 2.35. The number of phenolic OH excluding ortho intramolecular Hbond substituents is 1. The van der Waals surface area contributed by atoms with Crippen molar-refractivity contribution in [2.75, 3.05) is 6.54 Å². The van der Waals surface area contributed by atoms with Gasteiger partial charge in [0.15, 0.2) is 11.1 Å². The Morgan fingerprint density at radius 2 is 1.85 bits per heavy atom. The fourth-order valence-electron chi connectivity index (χ4n) is 4.39. The molecule has 0 aliphatic carbocycles. The molecule has 2 atom stereocenters. The predicted molar refractivity (Wildman–Crippen MR) is 151 cm³/mol. The number of aromatic hydroxyl groups is 1. The van der Waals surface area contributed by atoms with E-state index < -0.39 is 29.0 Å². The number of carboxylic acids is 1. The number of amides is 2. The van der Waals surface area contributed by atoms with E-state index in [2.05, 4.69) is 5.32 Å². The fourth-order valence-corrected chi connectivity index (χ4v) is 5.60. The van der Waals surface area contributed by atoms with Gasteiger partial charge in [0.05, 0.1) is 20.5 Å². The molecule has 12 heteroatoms. The maximum absolute atomic E-state index is 13.1. The maximum Gasteiger partial charge on any atom is 0.326 e. The van der Waals surface area contributed by atoms with E-state index in [1.54, 1.807) is 35.2 Å². The number of rotatable bonds is 8. The van der Waals surface area contributed by atoms with Crippen molar-refractivity contribution in [1.82, 2.24) is 10.2 Å². The number of carbonyl (C=O) groups excluding carboxylic acids is 2. The van der Waals surface area contributed by atoms with Gasteiger partial charge in [-0.15, -0.1) is 0 Å². The topological polar surface area (TPSA) is 144 Å². The average molecular weight is 603 g/mol. The Morgan fingerprint density at radius 3 is 2.55 bits per heavy atom. The van der Waals surface area contributed by atoms with Crippen LogP contribution in [0.4, 0.5) is 0 Å². The van der Waals surface area contributed by atoms with Gasteiger partial charge < -0.3 is 25.0 Å². The standard InChI is InChI=1S/C28H24Cl2N2O7S/c29-21-14-18-15-32(24(34)9-8-17-5-1-2-7-23(17)33)11-10-20(18)26(30)25(21)27(35)31-22(28(36)37)13-16-4-3-6-19(12-16)40(38)39/h1-9,12,14,22,33H,10-11,13,15H2,(H,31,35)(H,36,37)(H,38,39). The molecule has 4 N–H and O–H groups in total. The second kappa shape index (κ2) is 12.6. The third kappa shape index (κ3) is 6.71. The number of carbonyl (C=O) groups is 3. The van der Waals surface area contributed by atoms with E-state index in [0.29, 0.717) is 35.2 Å². The second-order valence-corrected chi connectivity index (χ2v) is 10.8. The average Bonchev–Trinajstić information content (AvgIpc) is 2.91. The minimum absolute atomic E-state index is 0.00196. The molecule has 208 valence electrons. The number of fused-ring (bicyclic) bond motifs is 1. The van der Waals surface area contributed by atoms with E-state index in [9.17, 15) is 33.4 Å². The van der Waals surface area contributed by atoms with Gasteiger partial charge in [-0.1, -0.05) is 53.5 Å². The van der Waals surface area contributed by atoms with Gasteiger partial charge >= 0.3 is 5.97 Å². The second-order valence-electron chi connectivity index (χ2n) is 9.05. The summed E-state index contributed by atoms with van der Waals surface area (Å²) in [5, 5.41) is 22.1. The lowest BCUT2D eigenvalue weighted by molar-refractivity contribution is -0.139. The van der Waals surface area contributed by atoms with Crippen molar-refractivity contribution in [3.8, 4) is 5.75 Å². The van der Waals surface area contributed by atoms with Crippen LogP contribution in [0.2, 0.25) is 10.0 Å². The molecule has 0 spiro atoms. The number of para-hydroxylation sites is 1. The van der Waals surface area contributed by atoms with Crippen LogP contribution in [0.25, 0.3) is 6.08 Å². The van der Waals surface area contributed by atoms with Gasteiger partial charge in [-0.2, -0.15) is 0 Å². The first-order chi connectivity index (χ1) is 19.0. The largest absolute Gasteiger partial charge is 0.507 e. The lowest BCUT2D eigenvalue weighted by atomic mass is 9.96. The van der Waals surface area contributed by atoms with Gasteiger partial charge in [0.25, 0.3) is 5.91 Å². The molecule has 4 rings (SSSR count). The summed E-state index contributed by atoms with van der Waals surface area (Å²) in [6.07, 6.45) is 3.09. The third-order valence-electron chi connectivity index (χ3n) is 6.43. The maximum atomic E-state index is 13.1. The number of hydrogen-bond donors (Lipinski definition) is 4. The number of nitrogens with zero attached hydrogens (tertiary/aromatic N) is 1. The zero-order valence-corrected chi connectivity index (χ0v) is 23.2. The molecule has 0 saturated heterocycles. The number of nitrogens with one attached hydrogen (secondary N) is 1. The minimum atomic E-state index is -2.24. The number of halogens is 2. The molecule has 1 heterocycles. The molecule has 0 aromatic heterocycles. The lowest BCUT2D eigenvalue weighted by Crippen LogP contribution is -2.42. The van der Waals surface area contributed by atoms with Crippen molar-refractivity contribution in [3.63, 3.8) is 0 Å². The molecule has 0 saturated carbocycles. The van der Waals surface area contributed by atoms with Gasteiger partial charge in [-0.3, -0.25) is 9.59 Å². The molecule has 40 heavy (non-hydrogen) atoms. The van der Waals surface area contributed by atoms with Crippen LogP contribution in [-0.2, 0) is 40.1 Å². The molecule has 0 radical (unpaired) electrons. The summed E-state index contributed by atoms with van der Waals surface area (Å²) < 4.78 is 20.6. The van der Waals surface area contributed by atoms with E-state index in [4.69, 9.17) is 23.2 Å². The van der Waals surface area contributed by atoms with Crippen LogP contribution in [0.3, 0.4) is 0 Å². The Bertz CT molecular complexity index is 1540. The molecule has 3 aromatic carbocycles. The van der Waals surface area contributed by atoms with Crippen LogP contribution in [0.1, 0.15) is 32.6 Å². The quantitative estimate of drug-likeness (QED) is 0.222. The highest BCUT2D eigenvalue weighted by atomic mass is 35.5. The number of hydrogen-bond acceptors (Lipinski definition) is 5. The van der Waals surface area contributed by atoms with Crippen molar-refractivity contribution >= 4 is 58.1 Å². The number of aliphatic carboxylic acids is 1. The van der Waals surface area contributed by atoms with Gasteiger partial charge in [0, 0.05) is 31.1 Å². The SMILES string of the molecule is O=C(NC(Cc1cccc(S(=O)O)c1)C(=O)O)c1c(Cl)cc2c(c1Cl)CCN(C(=O)C=Cc1ccccc1O)C2. The molecular weight excluding hydrogens is 579 g/mol. The van der Waals surface area contributed by atoms with E-state index in [1.807, 2.05) is 0 Å². The third-order valence-corrected chi connectivity index (χ3v) is 7.80. The van der Waals surface area contributed by atoms with Crippen LogP contribution in [-0.4, -0.2) is 54.2 Å². The van der Waals surface area contributed by atoms with Gasteiger partial charge in [0.1, 0.15) is 11.8 Å². The van der Waals surface area contributed by atoms with E-state index >= 15 is 0 Å². The molecule has 3 aromatic rings. The summed E-state index contributed by atoms with van der Waals surface area (Å²) in [6, 6.07) is 12.7. The van der Waals surface area contributed by atoms with Crippen molar-refractivity contribution in [2.45, 2.75) is 30.3 Å². The molecule has 1 aliphatic rings. The summed E-state index contributed by atoms with van der Waals surface area (Å²) in [7, 11) is 0. The predicted octanol–water partition coefficient (Wildman–Crippen LogP) is 4.30. The van der Waals surface area contributed by atoms with Crippen LogP contribution < -0.4 is 5.32 Å². The Labute approximate surface area is 242 Å².